The monoisotopic (exact) mass is 266 g/mol. The van der Waals surface area contributed by atoms with Gasteiger partial charge in [-0.25, -0.2) is 4.98 Å². The van der Waals surface area contributed by atoms with Crippen LogP contribution in [0.1, 0.15) is 11.3 Å². The predicted octanol–water partition coefficient (Wildman–Crippen LogP) is 1.92. The van der Waals surface area contributed by atoms with Crippen molar-refractivity contribution in [3.63, 3.8) is 0 Å². The third-order valence-corrected chi connectivity index (χ3v) is 3.22. The number of aryl methyl sites for hydroxylation is 1. The lowest BCUT2D eigenvalue weighted by atomic mass is 10.1. The van der Waals surface area contributed by atoms with Gasteiger partial charge in [0.1, 0.15) is 17.7 Å². The minimum atomic E-state index is 0.157. The Hall–Kier alpha value is -2.61. The van der Waals surface area contributed by atoms with Crippen LogP contribution in [-0.2, 0) is 0 Å². The number of ether oxygens (including phenoxy) is 1. The summed E-state index contributed by atoms with van der Waals surface area (Å²) in [6.45, 7) is 3.50. The predicted molar refractivity (Wildman–Crippen MR) is 74.6 cm³/mol. The zero-order chi connectivity index (χ0) is 13.9. The van der Waals surface area contributed by atoms with Gasteiger partial charge in [-0.1, -0.05) is 0 Å². The number of pyridine rings is 2. The van der Waals surface area contributed by atoms with E-state index in [0.29, 0.717) is 5.56 Å². The highest BCUT2D eigenvalue weighted by atomic mass is 16.5. The lowest BCUT2D eigenvalue weighted by Crippen LogP contribution is -2.54. The Bertz CT molecular complexity index is 659. The number of nitrogens with zero attached hydrogens (tertiary/aromatic N) is 4. The van der Waals surface area contributed by atoms with Gasteiger partial charge < -0.3 is 9.64 Å². The Kier molecular flexibility index (Phi) is 3.21. The summed E-state index contributed by atoms with van der Waals surface area (Å²) in [5.41, 5.74) is 1.58. The molecular formula is C15H14N4O. The maximum atomic E-state index is 8.88. The molecule has 3 rings (SSSR count). The lowest BCUT2D eigenvalue weighted by Gasteiger charge is -2.39. The van der Waals surface area contributed by atoms with Gasteiger partial charge in [-0.2, -0.15) is 5.26 Å². The molecule has 1 fully saturated rings. The van der Waals surface area contributed by atoms with Gasteiger partial charge in [-0.3, -0.25) is 4.98 Å². The molecule has 5 nitrogen and oxygen atoms in total. The first-order valence-electron chi connectivity index (χ1n) is 6.45. The van der Waals surface area contributed by atoms with Crippen molar-refractivity contribution in [2.24, 2.45) is 0 Å². The van der Waals surface area contributed by atoms with Gasteiger partial charge in [0, 0.05) is 24.2 Å². The van der Waals surface area contributed by atoms with Crippen molar-refractivity contribution in [1.82, 2.24) is 9.97 Å². The van der Waals surface area contributed by atoms with E-state index < -0.39 is 0 Å². The van der Waals surface area contributed by atoms with Crippen LogP contribution in [0.5, 0.6) is 5.75 Å². The molecule has 0 unspecified atom stereocenters. The summed E-state index contributed by atoms with van der Waals surface area (Å²) in [5, 5.41) is 8.88. The van der Waals surface area contributed by atoms with E-state index in [1.165, 1.54) is 0 Å². The van der Waals surface area contributed by atoms with Crippen LogP contribution in [0, 0.1) is 18.3 Å². The van der Waals surface area contributed by atoms with Crippen molar-refractivity contribution in [1.29, 1.82) is 5.26 Å². The van der Waals surface area contributed by atoms with Crippen LogP contribution in [0.25, 0.3) is 0 Å². The van der Waals surface area contributed by atoms with E-state index in [1.807, 2.05) is 19.1 Å². The molecule has 0 spiro atoms. The number of rotatable bonds is 3. The average Bonchev–Trinajstić information content (AvgIpc) is 2.42. The second kappa shape index (κ2) is 5.17. The van der Waals surface area contributed by atoms with Crippen molar-refractivity contribution >= 4 is 5.82 Å². The molecule has 2 aromatic heterocycles. The van der Waals surface area contributed by atoms with E-state index in [-0.39, 0.29) is 6.10 Å². The van der Waals surface area contributed by atoms with Gasteiger partial charge in [-0.15, -0.1) is 0 Å². The molecule has 0 atom stereocenters. The van der Waals surface area contributed by atoms with E-state index in [4.69, 9.17) is 10.00 Å². The second-order valence-electron chi connectivity index (χ2n) is 4.79. The third-order valence-electron chi connectivity index (χ3n) is 3.22. The Morgan fingerprint density at radius 3 is 2.80 bits per heavy atom. The number of anilines is 1. The Morgan fingerprint density at radius 1 is 1.25 bits per heavy atom. The molecule has 0 aromatic carbocycles. The first-order chi connectivity index (χ1) is 9.74. The van der Waals surface area contributed by atoms with E-state index in [0.717, 1.165) is 30.4 Å². The fraction of sp³-hybridized carbons (Fsp3) is 0.267. The third kappa shape index (κ3) is 2.54. The molecule has 1 saturated heterocycles. The largest absolute Gasteiger partial charge is 0.487 e. The summed E-state index contributed by atoms with van der Waals surface area (Å²) in [5.74, 6) is 1.68. The maximum Gasteiger partial charge on any atom is 0.134 e. The molecule has 100 valence electrons. The van der Waals surface area contributed by atoms with Crippen LogP contribution in [0.15, 0.2) is 36.7 Å². The van der Waals surface area contributed by atoms with Gasteiger partial charge in [0.25, 0.3) is 0 Å². The van der Waals surface area contributed by atoms with Crippen molar-refractivity contribution in [3.05, 3.63) is 47.9 Å². The Morgan fingerprint density at radius 2 is 2.05 bits per heavy atom. The van der Waals surface area contributed by atoms with Gasteiger partial charge in [0.15, 0.2) is 0 Å². The molecule has 0 N–H and O–H groups in total. The van der Waals surface area contributed by atoms with Crippen molar-refractivity contribution in [3.8, 4) is 11.8 Å². The molecule has 0 amide bonds. The summed E-state index contributed by atoms with van der Waals surface area (Å²) >= 11 is 0. The zero-order valence-corrected chi connectivity index (χ0v) is 11.2. The SMILES string of the molecule is Cc1cc(OC2CN(c3cc(C#N)ccn3)C2)ccn1. The van der Waals surface area contributed by atoms with E-state index in [9.17, 15) is 0 Å². The van der Waals surface area contributed by atoms with Gasteiger partial charge in [0.2, 0.25) is 0 Å². The molecule has 0 aliphatic carbocycles. The van der Waals surface area contributed by atoms with Crippen LogP contribution in [0.2, 0.25) is 0 Å². The van der Waals surface area contributed by atoms with Crippen molar-refractivity contribution in [2.45, 2.75) is 13.0 Å². The number of aromatic nitrogens is 2. The summed E-state index contributed by atoms with van der Waals surface area (Å²) in [7, 11) is 0. The molecule has 0 bridgehead atoms. The molecule has 1 aliphatic heterocycles. The quantitative estimate of drug-likeness (QED) is 0.849. The van der Waals surface area contributed by atoms with Crippen LogP contribution in [0.3, 0.4) is 0 Å². The molecule has 1 aliphatic rings. The lowest BCUT2D eigenvalue weighted by molar-refractivity contribution is 0.166. The Balaban J connectivity index is 1.60. The molecule has 0 saturated carbocycles. The highest BCUT2D eigenvalue weighted by molar-refractivity contribution is 5.47. The molecular weight excluding hydrogens is 252 g/mol. The highest BCUT2D eigenvalue weighted by Gasteiger charge is 2.29. The molecule has 2 aromatic rings. The number of hydrogen-bond acceptors (Lipinski definition) is 5. The number of hydrogen-bond donors (Lipinski definition) is 0. The van der Waals surface area contributed by atoms with Gasteiger partial charge >= 0.3 is 0 Å². The summed E-state index contributed by atoms with van der Waals surface area (Å²) in [6, 6.07) is 9.42. The fourth-order valence-corrected chi connectivity index (χ4v) is 2.15. The smallest absolute Gasteiger partial charge is 0.134 e. The van der Waals surface area contributed by atoms with Crippen molar-refractivity contribution < 1.29 is 4.74 Å². The van der Waals surface area contributed by atoms with E-state index in [2.05, 4.69) is 20.9 Å². The van der Waals surface area contributed by atoms with Crippen molar-refractivity contribution in [2.75, 3.05) is 18.0 Å². The van der Waals surface area contributed by atoms with Crippen LogP contribution >= 0.6 is 0 Å². The second-order valence-corrected chi connectivity index (χ2v) is 4.79. The van der Waals surface area contributed by atoms with Crippen LogP contribution < -0.4 is 9.64 Å². The van der Waals surface area contributed by atoms with Gasteiger partial charge in [-0.05, 0) is 25.1 Å². The fourth-order valence-electron chi connectivity index (χ4n) is 2.15. The minimum Gasteiger partial charge on any atom is -0.487 e. The van der Waals surface area contributed by atoms with Gasteiger partial charge in [0.05, 0.1) is 24.7 Å². The zero-order valence-electron chi connectivity index (χ0n) is 11.2. The normalized spacial score (nSPS) is 14.5. The van der Waals surface area contributed by atoms with Crippen LogP contribution in [0.4, 0.5) is 5.82 Å². The standard InChI is InChI=1S/C15H14N4O/c1-11-6-13(3-5-17-11)20-14-9-19(10-14)15-7-12(8-16)2-4-18-15/h2-7,14H,9-10H2,1H3. The maximum absolute atomic E-state index is 8.88. The molecule has 0 radical (unpaired) electrons. The van der Waals surface area contributed by atoms with E-state index >= 15 is 0 Å². The van der Waals surface area contributed by atoms with E-state index in [1.54, 1.807) is 24.5 Å². The highest BCUT2D eigenvalue weighted by Crippen LogP contribution is 2.23. The summed E-state index contributed by atoms with van der Waals surface area (Å²) in [4.78, 5) is 10.5. The number of nitriles is 1. The first-order valence-corrected chi connectivity index (χ1v) is 6.45. The van der Waals surface area contributed by atoms with Crippen LogP contribution in [-0.4, -0.2) is 29.2 Å². The summed E-state index contributed by atoms with van der Waals surface area (Å²) < 4.78 is 5.86. The Labute approximate surface area is 117 Å². The molecule has 20 heavy (non-hydrogen) atoms. The topological polar surface area (TPSA) is 62.0 Å². The first kappa shape index (κ1) is 12.4. The minimum absolute atomic E-state index is 0.157. The molecule has 3 heterocycles. The average molecular weight is 266 g/mol. The summed E-state index contributed by atoms with van der Waals surface area (Å²) in [6.07, 6.45) is 3.57. The molecule has 5 heteroatoms.